The second-order valence-corrected chi connectivity index (χ2v) is 3.78. The standard InChI is InChI=1S/C12H16F3NO/c1-4-16-11(12(13,14)15)9-7-8(2)5-6-10(9)17-3/h5-7,11,16H,4H2,1-3H3. The van der Waals surface area contributed by atoms with Crippen LogP contribution in [0.5, 0.6) is 5.75 Å². The molecular formula is C12H16F3NO. The molecule has 1 aromatic rings. The van der Waals surface area contributed by atoms with Gasteiger partial charge in [0, 0.05) is 5.56 Å². The van der Waals surface area contributed by atoms with E-state index in [0.717, 1.165) is 5.56 Å². The summed E-state index contributed by atoms with van der Waals surface area (Å²) >= 11 is 0. The summed E-state index contributed by atoms with van der Waals surface area (Å²) in [5, 5.41) is 2.44. The third-order valence-electron chi connectivity index (χ3n) is 2.43. The molecule has 0 saturated heterocycles. The van der Waals surface area contributed by atoms with Crippen LogP contribution >= 0.6 is 0 Å². The Morgan fingerprint density at radius 2 is 2.00 bits per heavy atom. The molecule has 5 heteroatoms. The number of halogens is 3. The molecule has 0 saturated carbocycles. The fourth-order valence-electron chi connectivity index (χ4n) is 1.69. The van der Waals surface area contributed by atoms with E-state index in [4.69, 9.17) is 4.74 Å². The molecule has 1 N–H and O–H groups in total. The van der Waals surface area contributed by atoms with E-state index in [0.29, 0.717) is 0 Å². The van der Waals surface area contributed by atoms with Crippen LogP contribution in [0.4, 0.5) is 13.2 Å². The first-order chi connectivity index (χ1) is 7.90. The minimum atomic E-state index is -4.34. The normalized spacial score (nSPS) is 13.5. The molecule has 1 atom stereocenters. The van der Waals surface area contributed by atoms with Crippen LogP contribution in [0, 0.1) is 6.92 Å². The molecule has 1 rings (SSSR count). The third-order valence-corrected chi connectivity index (χ3v) is 2.43. The minimum absolute atomic E-state index is 0.127. The number of rotatable bonds is 4. The van der Waals surface area contributed by atoms with Gasteiger partial charge in [0.05, 0.1) is 7.11 Å². The summed E-state index contributed by atoms with van der Waals surface area (Å²) in [4.78, 5) is 0. The zero-order chi connectivity index (χ0) is 13.1. The van der Waals surface area contributed by atoms with Gasteiger partial charge < -0.3 is 10.1 Å². The van der Waals surface area contributed by atoms with Gasteiger partial charge in [-0.15, -0.1) is 0 Å². The number of nitrogens with one attached hydrogen (secondary N) is 1. The quantitative estimate of drug-likeness (QED) is 0.882. The van der Waals surface area contributed by atoms with Crippen molar-refractivity contribution in [2.75, 3.05) is 13.7 Å². The topological polar surface area (TPSA) is 21.3 Å². The molecule has 0 aliphatic carbocycles. The maximum absolute atomic E-state index is 12.9. The Bertz CT molecular complexity index is 377. The monoisotopic (exact) mass is 247 g/mol. The molecule has 0 fully saturated rings. The molecular weight excluding hydrogens is 231 g/mol. The van der Waals surface area contributed by atoms with Crippen molar-refractivity contribution in [1.82, 2.24) is 5.32 Å². The molecule has 2 nitrogen and oxygen atoms in total. The first kappa shape index (κ1) is 13.8. The molecule has 0 heterocycles. The van der Waals surface area contributed by atoms with Crippen molar-refractivity contribution < 1.29 is 17.9 Å². The van der Waals surface area contributed by atoms with E-state index in [1.165, 1.54) is 13.2 Å². The lowest BCUT2D eigenvalue weighted by atomic mass is 10.0. The lowest BCUT2D eigenvalue weighted by Gasteiger charge is -2.23. The molecule has 1 unspecified atom stereocenters. The van der Waals surface area contributed by atoms with Gasteiger partial charge in [0.2, 0.25) is 0 Å². The summed E-state index contributed by atoms with van der Waals surface area (Å²) in [5.41, 5.74) is 0.898. The van der Waals surface area contributed by atoms with Crippen LogP contribution < -0.4 is 10.1 Å². The van der Waals surface area contributed by atoms with Crippen molar-refractivity contribution in [3.05, 3.63) is 29.3 Å². The average molecular weight is 247 g/mol. The van der Waals surface area contributed by atoms with E-state index in [1.54, 1.807) is 26.0 Å². The summed E-state index contributed by atoms with van der Waals surface area (Å²) in [6, 6.07) is 3.09. The smallest absolute Gasteiger partial charge is 0.408 e. The number of hydrogen-bond donors (Lipinski definition) is 1. The Balaban J connectivity index is 3.21. The van der Waals surface area contributed by atoms with Crippen molar-refractivity contribution >= 4 is 0 Å². The van der Waals surface area contributed by atoms with Crippen molar-refractivity contribution in [1.29, 1.82) is 0 Å². The van der Waals surface area contributed by atoms with Crippen LogP contribution in [0.25, 0.3) is 0 Å². The van der Waals surface area contributed by atoms with Gasteiger partial charge in [0.15, 0.2) is 0 Å². The Morgan fingerprint density at radius 3 is 2.47 bits per heavy atom. The van der Waals surface area contributed by atoms with Crippen LogP contribution in [0.3, 0.4) is 0 Å². The maximum atomic E-state index is 12.9. The summed E-state index contributed by atoms with van der Waals surface area (Å²) in [6.07, 6.45) is -4.34. The minimum Gasteiger partial charge on any atom is -0.496 e. The average Bonchev–Trinajstić information content (AvgIpc) is 2.24. The summed E-state index contributed by atoms with van der Waals surface area (Å²) in [7, 11) is 1.37. The van der Waals surface area contributed by atoms with Crippen LogP contribution in [-0.4, -0.2) is 19.8 Å². The van der Waals surface area contributed by atoms with Crippen molar-refractivity contribution in [2.45, 2.75) is 26.1 Å². The van der Waals surface area contributed by atoms with E-state index >= 15 is 0 Å². The van der Waals surface area contributed by atoms with Gasteiger partial charge in [-0.25, -0.2) is 0 Å². The Morgan fingerprint density at radius 1 is 1.35 bits per heavy atom. The van der Waals surface area contributed by atoms with Crippen LogP contribution in [0.2, 0.25) is 0 Å². The highest BCUT2D eigenvalue weighted by Gasteiger charge is 2.41. The van der Waals surface area contributed by atoms with E-state index < -0.39 is 12.2 Å². The molecule has 17 heavy (non-hydrogen) atoms. The molecule has 96 valence electrons. The molecule has 0 aliphatic heterocycles. The van der Waals surface area contributed by atoms with Crippen LogP contribution in [-0.2, 0) is 0 Å². The second kappa shape index (κ2) is 5.40. The molecule has 0 bridgehead atoms. The highest BCUT2D eigenvalue weighted by molar-refractivity contribution is 5.39. The highest BCUT2D eigenvalue weighted by Crippen LogP contribution is 2.37. The van der Waals surface area contributed by atoms with Crippen molar-refractivity contribution in [2.24, 2.45) is 0 Å². The number of alkyl halides is 3. The zero-order valence-electron chi connectivity index (χ0n) is 10.1. The molecule has 1 aromatic carbocycles. The number of ether oxygens (including phenoxy) is 1. The highest BCUT2D eigenvalue weighted by atomic mass is 19.4. The molecule has 0 aliphatic rings. The molecule has 0 spiro atoms. The third kappa shape index (κ3) is 3.36. The summed E-state index contributed by atoms with van der Waals surface area (Å²) in [5.74, 6) is 0.249. The maximum Gasteiger partial charge on any atom is 0.408 e. The summed E-state index contributed by atoms with van der Waals surface area (Å²) in [6.45, 7) is 3.63. The predicted octanol–water partition coefficient (Wildman–Crippen LogP) is 3.22. The van der Waals surface area contributed by atoms with E-state index in [-0.39, 0.29) is 17.9 Å². The van der Waals surface area contributed by atoms with Gasteiger partial charge in [-0.05, 0) is 19.5 Å². The van der Waals surface area contributed by atoms with Gasteiger partial charge >= 0.3 is 6.18 Å². The predicted molar refractivity (Wildman–Crippen MR) is 60.2 cm³/mol. The lowest BCUT2D eigenvalue weighted by Crippen LogP contribution is -2.34. The fraction of sp³-hybridized carbons (Fsp3) is 0.500. The molecule has 0 amide bonds. The first-order valence-corrected chi connectivity index (χ1v) is 5.34. The second-order valence-electron chi connectivity index (χ2n) is 3.78. The number of aryl methyl sites for hydroxylation is 1. The Kier molecular flexibility index (Phi) is 4.40. The van der Waals surface area contributed by atoms with Crippen LogP contribution in [0.1, 0.15) is 24.1 Å². The van der Waals surface area contributed by atoms with Crippen LogP contribution in [0.15, 0.2) is 18.2 Å². The van der Waals surface area contributed by atoms with Gasteiger partial charge in [0.25, 0.3) is 0 Å². The Hall–Kier alpha value is -1.23. The SMILES string of the molecule is CCNC(c1cc(C)ccc1OC)C(F)(F)F. The Labute approximate surface area is 98.8 Å². The number of methoxy groups -OCH3 is 1. The largest absolute Gasteiger partial charge is 0.496 e. The number of benzene rings is 1. The lowest BCUT2D eigenvalue weighted by molar-refractivity contribution is -0.157. The zero-order valence-corrected chi connectivity index (χ0v) is 10.1. The van der Waals surface area contributed by atoms with Crippen molar-refractivity contribution in [3.63, 3.8) is 0 Å². The van der Waals surface area contributed by atoms with Gasteiger partial charge in [-0.1, -0.05) is 24.6 Å². The van der Waals surface area contributed by atoms with Gasteiger partial charge in [0.1, 0.15) is 11.8 Å². The molecule has 0 aromatic heterocycles. The molecule has 0 radical (unpaired) electrons. The van der Waals surface area contributed by atoms with Crippen molar-refractivity contribution in [3.8, 4) is 5.75 Å². The fourth-order valence-corrected chi connectivity index (χ4v) is 1.69. The van der Waals surface area contributed by atoms with E-state index in [2.05, 4.69) is 5.32 Å². The summed E-state index contributed by atoms with van der Waals surface area (Å²) < 4.78 is 43.8. The first-order valence-electron chi connectivity index (χ1n) is 5.34. The van der Waals surface area contributed by atoms with E-state index in [1.807, 2.05) is 0 Å². The van der Waals surface area contributed by atoms with Gasteiger partial charge in [-0.2, -0.15) is 13.2 Å². The number of hydrogen-bond acceptors (Lipinski definition) is 2. The van der Waals surface area contributed by atoms with Gasteiger partial charge in [-0.3, -0.25) is 0 Å². The van der Waals surface area contributed by atoms with E-state index in [9.17, 15) is 13.2 Å².